The zero-order valence-corrected chi connectivity index (χ0v) is 10.3. The van der Waals surface area contributed by atoms with Gasteiger partial charge < -0.3 is 15.8 Å². The first-order valence-corrected chi connectivity index (χ1v) is 6.14. The van der Waals surface area contributed by atoms with Crippen LogP contribution in [-0.4, -0.2) is 28.6 Å². The van der Waals surface area contributed by atoms with Crippen molar-refractivity contribution >= 4 is 23.1 Å². The number of aromatic nitrogens is 2. The molecule has 0 saturated heterocycles. The van der Waals surface area contributed by atoms with E-state index in [9.17, 15) is 4.79 Å². The molecule has 18 heavy (non-hydrogen) atoms. The topological polar surface area (TPSA) is 90.1 Å². The average molecular weight is 264 g/mol. The molecule has 3 N–H and O–H groups in total. The van der Waals surface area contributed by atoms with Gasteiger partial charge in [0.25, 0.3) is 5.91 Å². The van der Waals surface area contributed by atoms with Crippen molar-refractivity contribution in [3.8, 4) is 5.75 Å². The molecule has 0 aliphatic heterocycles. The molecule has 0 saturated carbocycles. The van der Waals surface area contributed by atoms with Gasteiger partial charge in [0.2, 0.25) is 0 Å². The molecule has 0 atom stereocenters. The number of anilines is 1. The lowest BCUT2D eigenvalue weighted by molar-refractivity contribution is 0.102. The van der Waals surface area contributed by atoms with Crippen molar-refractivity contribution in [2.45, 2.75) is 0 Å². The van der Waals surface area contributed by atoms with Gasteiger partial charge >= 0.3 is 0 Å². The Morgan fingerprint density at radius 2 is 2.17 bits per heavy atom. The number of rotatable bonds is 5. The number of nitrogens with one attached hydrogen (secondary N) is 1. The first-order valence-electron chi connectivity index (χ1n) is 5.31. The molecular formula is C11H12N4O2S. The minimum atomic E-state index is -0.278. The predicted octanol–water partition coefficient (Wildman–Crippen LogP) is 1.13. The molecule has 2 rings (SSSR count). The summed E-state index contributed by atoms with van der Waals surface area (Å²) in [5.41, 5.74) is 6.32. The number of amides is 1. The van der Waals surface area contributed by atoms with Crippen LogP contribution in [0.3, 0.4) is 0 Å². The van der Waals surface area contributed by atoms with E-state index in [4.69, 9.17) is 10.5 Å². The highest BCUT2D eigenvalue weighted by Crippen LogP contribution is 2.16. The van der Waals surface area contributed by atoms with Crippen molar-refractivity contribution in [2.75, 3.05) is 18.5 Å². The Balaban J connectivity index is 1.96. The van der Waals surface area contributed by atoms with Crippen LogP contribution < -0.4 is 15.8 Å². The van der Waals surface area contributed by atoms with E-state index in [1.165, 1.54) is 0 Å². The highest BCUT2D eigenvalue weighted by molar-refractivity contribution is 7.03. The second-order valence-electron chi connectivity index (χ2n) is 3.41. The van der Waals surface area contributed by atoms with Crippen LogP contribution >= 0.6 is 11.5 Å². The second-order valence-corrected chi connectivity index (χ2v) is 4.02. The summed E-state index contributed by atoms with van der Waals surface area (Å²) in [5, 5.41) is 7.99. The molecule has 1 heterocycles. The molecule has 0 fully saturated rings. The van der Waals surface area contributed by atoms with Crippen LogP contribution in [0.1, 0.15) is 10.5 Å². The monoisotopic (exact) mass is 264 g/mol. The molecule has 1 aromatic heterocycles. The van der Waals surface area contributed by atoms with Crippen LogP contribution in [0.5, 0.6) is 5.75 Å². The van der Waals surface area contributed by atoms with Crippen LogP contribution in [0, 0.1) is 0 Å². The summed E-state index contributed by atoms with van der Waals surface area (Å²) in [5.74, 6) is 0.438. The van der Waals surface area contributed by atoms with Crippen LogP contribution in [0.25, 0.3) is 0 Å². The van der Waals surface area contributed by atoms with Gasteiger partial charge in [-0.15, -0.1) is 5.10 Å². The minimum Gasteiger partial charge on any atom is -0.492 e. The van der Waals surface area contributed by atoms with Gasteiger partial charge in [-0.05, 0) is 35.8 Å². The molecular weight excluding hydrogens is 252 g/mol. The molecule has 0 bridgehead atoms. The molecule has 1 amide bonds. The zero-order chi connectivity index (χ0) is 12.8. The van der Waals surface area contributed by atoms with E-state index >= 15 is 0 Å². The van der Waals surface area contributed by atoms with Crippen LogP contribution in [0.4, 0.5) is 5.69 Å². The third kappa shape index (κ3) is 3.25. The van der Waals surface area contributed by atoms with Crippen LogP contribution in [0.2, 0.25) is 0 Å². The van der Waals surface area contributed by atoms with Crippen LogP contribution in [0.15, 0.2) is 29.6 Å². The van der Waals surface area contributed by atoms with Crippen LogP contribution in [-0.2, 0) is 0 Å². The summed E-state index contributed by atoms with van der Waals surface area (Å²) in [6, 6.07) is 7.04. The van der Waals surface area contributed by atoms with E-state index in [0.717, 1.165) is 11.5 Å². The summed E-state index contributed by atoms with van der Waals surface area (Å²) in [6.45, 7) is 0.936. The Kier molecular flexibility index (Phi) is 4.21. The largest absolute Gasteiger partial charge is 0.492 e. The van der Waals surface area contributed by atoms with Crippen molar-refractivity contribution in [1.82, 2.24) is 9.59 Å². The first kappa shape index (κ1) is 12.5. The van der Waals surface area contributed by atoms with Crippen molar-refractivity contribution in [2.24, 2.45) is 5.73 Å². The molecule has 7 heteroatoms. The standard InChI is InChI=1S/C11H12N4O2S/c12-5-6-17-9-3-1-8(2-4-9)13-11(16)10-7-18-15-14-10/h1-4,7H,5-6,12H2,(H,13,16). The fraction of sp³-hybridized carbons (Fsp3) is 0.182. The molecule has 0 spiro atoms. The lowest BCUT2D eigenvalue weighted by atomic mass is 10.3. The van der Waals surface area contributed by atoms with Gasteiger partial charge in [-0.1, -0.05) is 4.49 Å². The van der Waals surface area contributed by atoms with Gasteiger partial charge in [-0.3, -0.25) is 4.79 Å². The smallest absolute Gasteiger partial charge is 0.277 e. The van der Waals surface area contributed by atoms with Crippen molar-refractivity contribution in [3.63, 3.8) is 0 Å². The Morgan fingerprint density at radius 1 is 1.39 bits per heavy atom. The van der Waals surface area contributed by atoms with Gasteiger partial charge in [0, 0.05) is 17.6 Å². The third-order valence-corrected chi connectivity index (χ3v) is 2.60. The van der Waals surface area contributed by atoms with E-state index in [2.05, 4.69) is 14.9 Å². The number of ether oxygens (including phenoxy) is 1. The van der Waals surface area contributed by atoms with Gasteiger partial charge in [0.05, 0.1) is 0 Å². The summed E-state index contributed by atoms with van der Waals surface area (Å²) >= 11 is 1.14. The predicted molar refractivity (Wildman–Crippen MR) is 68.9 cm³/mol. The summed E-state index contributed by atoms with van der Waals surface area (Å²) in [4.78, 5) is 11.7. The molecule has 0 unspecified atom stereocenters. The van der Waals surface area contributed by atoms with Gasteiger partial charge in [-0.25, -0.2) is 0 Å². The van der Waals surface area contributed by atoms with Crippen molar-refractivity contribution < 1.29 is 9.53 Å². The molecule has 0 aliphatic carbocycles. The third-order valence-electron chi connectivity index (χ3n) is 2.09. The number of nitrogens with zero attached hydrogens (tertiary/aromatic N) is 2. The maximum Gasteiger partial charge on any atom is 0.277 e. The number of carbonyl (C=O) groups excluding carboxylic acids is 1. The molecule has 0 aliphatic rings. The molecule has 94 valence electrons. The molecule has 1 aromatic carbocycles. The van der Waals surface area contributed by atoms with E-state index in [1.807, 2.05) is 0 Å². The summed E-state index contributed by atoms with van der Waals surface area (Å²) in [6.07, 6.45) is 0. The quantitative estimate of drug-likeness (QED) is 0.844. The normalized spacial score (nSPS) is 10.1. The van der Waals surface area contributed by atoms with Crippen molar-refractivity contribution in [1.29, 1.82) is 0 Å². The fourth-order valence-corrected chi connectivity index (χ4v) is 1.71. The Morgan fingerprint density at radius 3 is 2.78 bits per heavy atom. The SMILES string of the molecule is NCCOc1ccc(NC(=O)c2csnn2)cc1. The van der Waals surface area contributed by atoms with Gasteiger partial charge in [-0.2, -0.15) is 0 Å². The number of hydrogen-bond acceptors (Lipinski definition) is 6. The molecule has 2 aromatic rings. The number of carbonyl (C=O) groups is 1. The van der Waals surface area contributed by atoms with Gasteiger partial charge in [0.15, 0.2) is 5.69 Å². The van der Waals surface area contributed by atoms with Crippen molar-refractivity contribution in [3.05, 3.63) is 35.3 Å². The highest BCUT2D eigenvalue weighted by Gasteiger charge is 2.08. The second kappa shape index (κ2) is 6.08. The summed E-state index contributed by atoms with van der Waals surface area (Å²) < 4.78 is 8.96. The molecule has 0 radical (unpaired) electrons. The number of nitrogens with two attached hydrogens (primary N) is 1. The Labute approximate surface area is 108 Å². The number of benzene rings is 1. The summed E-state index contributed by atoms with van der Waals surface area (Å²) in [7, 11) is 0. The Bertz CT molecular complexity index is 498. The zero-order valence-electron chi connectivity index (χ0n) is 9.50. The minimum absolute atomic E-state index is 0.278. The lowest BCUT2D eigenvalue weighted by Gasteiger charge is -2.06. The molecule has 6 nitrogen and oxygen atoms in total. The maximum atomic E-state index is 11.7. The lowest BCUT2D eigenvalue weighted by Crippen LogP contribution is -2.12. The van der Waals surface area contributed by atoms with E-state index in [-0.39, 0.29) is 5.91 Å². The first-order chi connectivity index (χ1) is 8.79. The highest BCUT2D eigenvalue weighted by atomic mass is 32.1. The van der Waals surface area contributed by atoms with Gasteiger partial charge in [0.1, 0.15) is 12.4 Å². The van der Waals surface area contributed by atoms with E-state index in [1.54, 1.807) is 29.6 Å². The average Bonchev–Trinajstić information content (AvgIpc) is 2.92. The maximum absolute atomic E-state index is 11.7. The Hall–Kier alpha value is -1.99. The number of hydrogen-bond donors (Lipinski definition) is 2. The van der Waals surface area contributed by atoms with E-state index in [0.29, 0.717) is 30.3 Å². The van der Waals surface area contributed by atoms with E-state index < -0.39 is 0 Å². The fourth-order valence-electron chi connectivity index (χ4n) is 1.27.